The van der Waals surface area contributed by atoms with Crippen molar-refractivity contribution in [1.82, 2.24) is 9.62 Å². The summed E-state index contributed by atoms with van der Waals surface area (Å²) in [4.78, 5) is 13.5. The van der Waals surface area contributed by atoms with Crippen LogP contribution >= 0.6 is 0 Å². The second kappa shape index (κ2) is 8.09. The Morgan fingerprint density at radius 2 is 1.83 bits per heavy atom. The van der Waals surface area contributed by atoms with Crippen LogP contribution in [0.25, 0.3) is 0 Å². The van der Waals surface area contributed by atoms with Gasteiger partial charge in [-0.15, -0.1) is 0 Å². The summed E-state index contributed by atoms with van der Waals surface area (Å²) in [7, 11) is -3.54. The average molecular weight is 353 g/mol. The molecule has 24 heavy (non-hydrogen) atoms. The average Bonchev–Trinajstić information content (AvgIpc) is 2.53. The Morgan fingerprint density at radius 1 is 1.25 bits per heavy atom. The van der Waals surface area contributed by atoms with Gasteiger partial charge in [0.15, 0.2) is 0 Å². The summed E-state index contributed by atoms with van der Waals surface area (Å²) in [5.74, 6) is 0.570. The number of anilines is 1. The van der Waals surface area contributed by atoms with Gasteiger partial charge >= 0.3 is 0 Å². The second-order valence-corrected chi connectivity index (χ2v) is 8.39. The highest BCUT2D eigenvalue weighted by Crippen LogP contribution is 2.18. The molecule has 7 heteroatoms. The molecular formula is C17H27N3O3S. The van der Waals surface area contributed by atoms with Crippen LogP contribution in [0.1, 0.15) is 33.6 Å². The molecule has 1 aliphatic rings. The van der Waals surface area contributed by atoms with Crippen LogP contribution in [-0.2, 0) is 14.8 Å². The molecule has 1 heterocycles. The normalized spacial score (nSPS) is 18.3. The van der Waals surface area contributed by atoms with Crippen molar-refractivity contribution in [3.8, 4) is 0 Å². The lowest BCUT2D eigenvalue weighted by Crippen LogP contribution is -2.45. The van der Waals surface area contributed by atoms with E-state index in [9.17, 15) is 13.2 Å². The largest absolute Gasteiger partial charge is 0.326 e. The molecule has 1 atom stereocenters. The maximum absolute atomic E-state index is 12.4. The molecule has 2 rings (SSSR count). The van der Waals surface area contributed by atoms with Crippen LogP contribution < -0.4 is 10.0 Å². The zero-order valence-corrected chi connectivity index (χ0v) is 15.4. The molecule has 0 bridgehead atoms. The van der Waals surface area contributed by atoms with Gasteiger partial charge in [-0.1, -0.05) is 6.92 Å². The van der Waals surface area contributed by atoms with Crippen LogP contribution in [0.4, 0.5) is 5.69 Å². The SMILES string of the molecule is CC(=O)Nc1ccc(S(=O)(=O)NCC(C)N2CCC(C)CC2)cc1. The first-order valence-corrected chi connectivity index (χ1v) is 9.87. The fourth-order valence-electron chi connectivity index (χ4n) is 2.83. The van der Waals surface area contributed by atoms with Gasteiger partial charge in [0.2, 0.25) is 15.9 Å². The summed E-state index contributed by atoms with van der Waals surface area (Å²) >= 11 is 0. The summed E-state index contributed by atoms with van der Waals surface area (Å²) in [5.41, 5.74) is 0.581. The molecule has 0 aromatic heterocycles. The topological polar surface area (TPSA) is 78.5 Å². The molecule has 6 nitrogen and oxygen atoms in total. The highest BCUT2D eigenvalue weighted by molar-refractivity contribution is 7.89. The predicted molar refractivity (Wildman–Crippen MR) is 95.4 cm³/mol. The molecule has 2 N–H and O–H groups in total. The van der Waals surface area contributed by atoms with Gasteiger partial charge < -0.3 is 5.32 Å². The minimum atomic E-state index is -3.54. The van der Waals surface area contributed by atoms with Crippen molar-refractivity contribution in [1.29, 1.82) is 0 Å². The lowest BCUT2D eigenvalue weighted by Gasteiger charge is -2.34. The Bertz CT molecular complexity index is 650. The number of hydrogen-bond acceptors (Lipinski definition) is 4. The lowest BCUT2D eigenvalue weighted by molar-refractivity contribution is -0.114. The molecule has 0 saturated carbocycles. The first-order chi connectivity index (χ1) is 11.3. The molecule has 1 aromatic carbocycles. The molecule has 1 amide bonds. The Morgan fingerprint density at radius 3 is 2.38 bits per heavy atom. The van der Waals surface area contributed by atoms with Gasteiger partial charge in [-0.2, -0.15) is 0 Å². The lowest BCUT2D eigenvalue weighted by atomic mass is 9.98. The maximum atomic E-state index is 12.4. The summed E-state index contributed by atoms with van der Waals surface area (Å²) in [5, 5.41) is 2.62. The fraction of sp³-hybridized carbons (Fsp3) is 0.588. The number of piperidine rings is 1. The molecule has 1 aliphatic heterocycles. The number of benzene rings is 1. The number of likely N-dealkylation sites (tertiary alicyclic amines) is 1. The third-order valence-corrected chi connectivity index (χ3v) is 5.93. The van der Waals surface area contributed by atoms with E-state index in [0.717, 1.165) is 19.0 Å². The predicted octanol–water partition coefficient (Wildman–Crippen LogP) is 2.04. The molecule has 1 aromatic rings. The summed E-state index contributed by atoms with van der Waals surface area (Å²) in [6, 6.07) is 6.35. The Kier molecular flexibility index (Phi) is 6.37. The molecule has 0 radical (unpaired) electrons. The van der Waals surface area contributed by atoms with Crippen LogP contribution in [-0.4, -0.2) is 44.9 Å². The van der Waals surface area contributed by atoms with E-state index >= 15 is 0 Å². The first-order valence-electron chi connectivity index (χ1n) is 8.39. The van der Waals surface area contributed by atoms with Gasteiger partial charge in [-0.3, -0.25) is 9.69 Å². The number of rotatable bonds is 6. The third kappa shape index (κ3) is 5.29. The first kappa shape index (κ1) is 18.9. The van der Waals surface area contributed by atoms with Gasteiger partial charge in [0, 0.05) is 25.2 Å². The number of sulfonamides is 1. The van der Waals surface area contributed by atoms with E-state index in [4.69, 9.17) is 0 Å². The van der Waals surface area contributed by atoms with Gasteiger partial charge in [0.1, 0.15) is 0 Å². The monoisotopic (exact) mass is 353 g/mol. The Balaban J connectivity index is 1.92. The molecule has 0 aliphatic carbocycles. The van der Waals surface area contributed by atoms with Crippen molar-refractivity contribution in [2.24, 2.45) is 5.92 Å². The second-order valence-electron chi connectivity index (χ2n) is 6.62. The number of nitrogens with one attached hydrogen (secondary N) is 2. The Hall–Kier alpha value is -1.44. The van der Waals surface area contributed by atoms with E-state index < -0.39 is 10.0 Å². The molecular weight excluding hydrogens is 326 g/mol. The van der Waals surface area contributed by atoms with E-state index in [1.54, 1.807) is 12.1 Å². The zero-order chi connectivity index (χ0) is 17.7. The number of nitrogens with zero attached hydrogens (tertiary/aromatic N) is 1. The van der Waals surface area contributed by atoms with Crippen molar-refractivity contribution >= 4 is 21.6 Å². The third-order valence-electron chi connectivity index (χ3n) is 4.50. The van der Waals surface area contributed by atoms with Gasteiger partial charge in [-0.05, 0) is 63.0 Å². The Labute approximate surface area is 144 Å². The summed E-state index contributed by atoms with van der Waals surface area (Å²) in [6.07, 6.45) is 2.34. The van der Waals surface area contributed by atoms with Crippen LogP contribution in [0.3, 0.4) is 0 Å². The van der Waals surface area contributed by atoms with Crippen LogP contribution in [0, 0.1) is 5.92 Å². The van der Waals surface area contributed by atoms with Gasteiger partial charge in [0.25, 0.3) is 0 Å². The zero-order valence-electron chi connectivity index (χ0n) is 14.6. The molecule has 0 spiro atoms. The molecule has 1 saturated heterocycles. The van der Waals surface area contributed by atoms with Crippen LogP contribution in [0.15, 0.2) is 29.2 Å². The van der Waals surface area contributed by atoms with E-state index in [0.29, 0.717) is 12.2 Å². The van der Waals surface area contributed by atoms with Crippen molar-refractivity contribution in [3.05, 3.63) is 24.3 Å². The molecule has 1 unspecified atom stereocenters. The van der Waals surface area contributed by atoms with Crippen molar-refractivity contribution in [3.63, 3.8) is 0 Å². The highest BCUT2D eigenvalue weighted by Gasteiger charge is 2.22. The number of carbonyl (C=O) groups is 1. The summed E-state index contributed by atoms with van der Waals surface area (Å²) < 4.78 is 27.5. The van der Waals surface area contributed by atoms with Crippen LogP contribution in [0.5, 0.6) is 0 Å². The number of carbonyl (C=O) groups excluding carboxylic acids is 1. The van der Waals surface area contributed by atoms with E-state index in [2.05, 4.69) is 28.8 Å². The summed E-state index contributed by atoms with van der Waals surface area (Å²) in [6.45, 7) is 8.16. The van der Waals surface area contributed by atoms with Crippen molar-refractivity contribution in [2.45, 2.75) is 44.6 Å². The van der Waals surface area contributed by atoms with Crippen LogP contribution in [0.2, 0.25) is 0 Å². The van der Waals surface area contributed by atoms with Gasteiger partial charge in [0.05, 0.1) is 4.90 Å². The van der Waals surface area contributed by atoms with Crippen molar-refractivity contribution in [2.75, 3.05) is 25.0 Å². The van der Waals surface area contributed by atoms with Crippen molar-refractivity contribution < 1.29 is 13.2 Å². The molecule has 134 valence electrons. The van der Waals surface area contributed by atoms with Gasteiger partial charge in [-0.25, -0.2) is 13.1 Å². The maximum Gasteiger partial charge on any atom is 0.240 e. The highest BCUT2D eigenvalue weighted by atomic mass is 32.2. The smallest absolute Gasteiger partial charge is 0.240 e. The van der Waals surface area contributed by atoms with E-state index in [1.165, 1.54) is 31.9 Å². The molecule has 1 fully saturated rings. The minimum Gasteiger partial charge on any atom is -0.326 e. The quantitative estimate of drug-likeness (QED) is 0.820. The standard InChI is InChI=1S/C17H27N3O3S/c1-13-8-10-20(11-9-13)14(2)12-18-24(22,23)17-6-4-16(5-7-17)19-15(3)21/h4-7,13-14,18H,8-12H2,1-3H3,(H,19,21). The number of hydrogen-bond donors (Lipinski definition) is 2. The number of amides is 1. The fourth-order valence-corrected chi connectivity index (χ4v) is 3.95. The van der Waals surface area contributed by atoms with E-state index in [-0.39, 0.29) is 16.8 Å². The minimum absolute atomic E-state index is 0.172. The van der Waals surface area contributed by atoms with E-state index in [1.807, 2.05) is 0 Å².